The van der Waals surface area contributed by atoms with Crippen LogP contribution >= 0.6 is 22.9 Å². The molecular formula is C17H13N5O2S2. The Kier molecular flexibility index (Phi) is 4.31. The predicted octanol–water partition coefficient (Wildman–Crippen LogP) is 4.19. The Morgan fingerprint density at radius 1 is 1.23 bits per heavy atom. The van der Waals surface area contributed by atoms with E-state index >= 15 is 0 Å². The van der Waals surface area contributed by atoms with Gasteiger partial charge >= 0.3 is 0 Å². The Bertz CT molecular complexity index is 1050. The Morgan fingerprint density at radius 3 is 2.77 bits per heavy atom. The van der Waals surface area contributed by atoms with Crippen LogP contribution in [0.2, 0.25) is 0 Å². The van der Waals surface area contributed by atoms with Crippen LogP contribution in [0.15, 0.2) is 41.2 Å². The number of thiophene rings is 1. The Hall–Kier alpha value is -2.91. The smallest absolute Gasteiger partial charge is 0.270 e. The van der Waals surface area contributed by atoms with Crippen molar-refractivity contribution in [2.45, 2.75) is 13.8 Å². The van der Waals surface area contributed by atoms with Gasteiger partial charge in [-0.2, -0.15) is 0 Å². The van der Waals surface area contributed by atoms with Crippen LogP contribution in [0.5, 0.6) is 0 Å². The summed E-state index contributed by atoms with van der Waals surface area (Å²) in [5.41, 5.74) is 2.66. The molecule has 9 heteroatoms. The van der Waals surface area contributed by atoms with Crippen LogP contribution in [-0.4, -0.2) is 25.6 Å². The monoisotopic (exact) mass is 383 g/mol. The van der Waals surface area contributed by atoms with Crippen molar-refractivity contribution in [3.8, 4) is 21.8 Å². The second-order valence-corrected chi connectivity index (χ2v) is 7.54. The summed E-state index contributed by atoms with van der Waals surface area (Å²) in [6.07, 6.45) is 3.37. The fourth-order valence-corrected chi connectivity index (χ4v) is 4.02. The first-order chi connectivity index (χ1) is 12.6. The molecule has 0 saturated carbocycles. The first-order valence-electron chi connectivity index (χ1n) is 7.70. The van der Waals surface area contributed by atoms with Crippen molar-refractivity contribution in [2.24, 2.45) is 0 Å². The summed E-state index contributed by atoms with van der Waals surface area (Å²) in [6, 6.07) is 7.60. The summed E-state index contributed by atoms with van der Waals surface area (Å²) in [6.45, 7) is 3.80. The lowest BCUT2D eigenvalue weighted by Crippen LogP contribution is -2.12. The number of hydrogen-bond acceptors (Lipinski definition) is 8. The highest BCUT2D eigenvalue weighted by atomic mass is 32.1. The van der Waals surface area contributed by atoms with Crippen molar-refractivity contribution in [2.75, 3.05) is 5.32 Å². The molecule has 0 radical (unpaired) electrons. The van der Waals surface area contributed by atoms with Crippen molar-refractivity contribution in [1.82, 2.24) is 19.7 Å². The van der Waals surface area contributed by atoms with Gasteiger partial charge in [-0.1, -0.05) is 9.64 Å². The van der Waals surface area contributed by atoms with Crippen LogP contribution in [0.25, 0.3) is 21.8 Å². The molecule has 1 N–H and O–H groups in total. The van der Waals surface area contributed by atoms with E-state index < -0.39 is 0 Å². The van der Waals surface area contributed by atoms with E-state index in [1.807, 2.05) is 12.1 Å². The van der Waals surface area contributed by atoms with E-state index in [1.165, 1.54) is 0 Å². The van der Waals surface area contributed by atoms with E-state index in [9.17, 15) is 4.79 Å². The topological polar surface area (TPSA) is 93.8 Å². The highest BCUT2D eigenvalue weighted by molar-refractivity contribution is 7.15. The van der Waals surface area contributed by atoms with Gasteiger partial charge in [-0.3, -0.25) is 4.79 Å². The number of rotatable bonds is 4. The van der Waals surface area contributed by atoms with Gasteiger partial charge < -0.3 is 9.84 Å². The molecule has 4 rings (SSSR count). The van der Waals surface area contributed by atoms with E-state index in [-0.39, 0.29) is 5.91 Å². The number of aryl methyl sites for hydroxylation is 2. The molecule has 0 saturated heterocycles. The van der Waals surface area contributed by atoms with Crippen molar-refractivity contribution >= 4 is 34.6 Å². The molecule has 0 aliphatic carbocycles. The van der Waals surface area contributed by atoms with Crippen molar-refractivity contribution < 1.29 is 9.32 Å². The number of carbonyl (C=O) groups excluding carboxylic acids is 1. The van der Waals surface area contributed by atoms with Gasteiger partial charge in [-0.15, -0.1) is 16.4 Å². The maximum atomic E-state index is 12.2. The third-order valence-corrected chi connectivity index (χ3v) is 5.66. The number of carbonyl (C=O) groups is 1. The summed E-state index contributed by atoms with van der Waals surface area (Å²) in [5.74, 6) is 0.974. The van der Waals surface area contributed by atoms with Gasteiger partial charge in [0, 0.05) is 22.7 Å². The van der Waals surface area contributed by atoms with Gasteiger partial charge in [0.2, 0.25) is 0 Å². The number of pyridine rings is 1. The van der Waals surface area contributed by atoms with Gasteiger partial charge in [-0.05, 0) is 49.1 Å². The van der Waals surface area contributed by atoms with Crippen molar-refractivity contribution in [3.05, 3.63) is 52.1 Å². The fourth-order valence-electron chi connectivity index (χ4n) is 2.47. The molecule has 0 fully saturated rings. The second kappa shape index (κ2) is 6.77. The molecule has 0 aliphatic rings. The minimum atomic E-state index is -0.253. The second-order valence-electron chi connectivity index (χ2n) is 5.53. The lowest BCUT2D eigenvalue weighted by Gasteiger charge is -2.04. The fraction of sp³-hybridized carbons (Fsp3) is 0.118. The zero-order valence-electron chi connectivity index (χ0n) is 13.9. The first kappa shape index (κ1) is 16.6. The summed E-state index contributed by atoms with van der Waals surface area (Å²) in [5, 5.41) is 10.4. The molecule has 0 bridgehead atoms. The summed E-state index contributed by atoms with van der Waals surface area (Å²) in [4.78, 5) is 19.2. The SMILES string of the molecule is Cc1nnsc1C(=O)Nc1ccc(-c2cc(-c3ccno3)sc2C)cn1. The minimum absolute atomic E-state index is 0.253. The van der Waals surface area contributed by atoms with Crippen molar-refractivity contribution in [1.29, 1.82) is 0 Å². The molecule has 4 aromatic rings. The molecule has 26 heavy (non-hydrogen) atoms. The number of nitrogens with one attached hydrogen (secondary N) is 1. The number of amides is 1. The van der Waals surface area contributed by atoms with Gasteiger partial charge in [0.15, 0.2) is 5.76 Å². The van der Waals surface area contributed by atoms with E-state index in [0.717, 1.165) is 38.2 Å². The van der Waals surface area contributed by atoms with Crippen LogP contribution in [0, 0.1) is 13.8 Å². The van der Waals surface area contributed by atoms with E-state index in [0.29, 0.717) is 16.4 Å². The molecule has 1 amide bonds. The Balaban J connectivity index is 1.55. The van der Waals surface area contributed by atoms with Crippen LogP contribution in [0.3, 0.4) is 0 Å². The third-order valence-electron chi connectivity index (χ3n) is 3.77. The van der Waals surface area contributed by atoms with Crippen LogP contribution < -0.4 is 5.32 Å². The van der Waals surface area contributed by atoms with Crippen LogP contribution in [0.1, 0.15) is 20.2 Å². The molecule has 0 unspecified atom stereocenters. The molecule has 4 aromatic heterocycles. The average Bonchev–Trinajstić information content (AvgIpc) is 3.36. The molecule has 0 spiro atoms. The Labute approximate surface area is 156 Å². The number of aromatic nitrogens is 4. The lowest BCUT2D eigenvalue weighted by atomic mass is 10.1. The molecule has 0 atom stereocenters. The molecular weight excluding hydrogens is 370 g/mol. The Morgan fingerprint density at radius 2 is 2.12 bits per heavy atom. The van der Waals surface area contributed by atoms with Gasteiger partial charge in [0.05, 0.1) is 16.8 Å². The quantitative estimate of drug-likeness (QED) is 0.568. The van der Waals surface area contributed by atoms with E-state index in [2.05, 4.69) is 38.0 Å². The van der Waals surface area contributed by atoms with Gasteiger partial charge in [0.1, 0.15) is 10.7 Å². The summed E-state index contributed by atoms with van der Waals surface area (Å²) >= 11 is 2.70. The number of nitrogens with zero attached hydrogens (tertiary/aromatic N) is 4. The van der Waals surface area contributed by atoms with Gasteiger partial charge in [-0.25, -0.2) is 4.98 Å². The molecule has 4 heterocycles. The number of anilines is 1. The van der Waals surface area contributed by atoms with Crippen molar-refractivity contribution in [3.63, 3.8) is 0 Å². The molecule has 0 aromatic carbocycles. The zero-order chi connectivity index (χ0) is 18.1. The van der Waals surface area contributed by atoms with E-state index in [4.69, 9.17) is 4.52 Å². The standard InChI is InChI=1S/C17H13N5O2S2/c1-9-16(26-22-21-9)17(23)20-15-4-3-11(8-18-15)12-7-14(25-10(12)2)13-5-6-19-24-13/h3-8H,1-2H3,(H,18,20,23). The predicted molar refractivity (Wildman–Crippen MR) is 100 cm³/mol. The highest BCUT2D eigenvalue weighted by Gasteiger charge is 2.15. The van der Waals surface area contributed by atoms with Gasteiger partial charge in [0.25, 0.3) is 5.91 Å². The third kappa shape index (κ3) is 3.14. The van der Waals surface area contributed by atoms with E-state index in [1.54, 1.807) is 36.7 Å². The highest BCUT2D eigenvalue weighted by Crippen LogP contribution is 2.36. The number of hydrogen-bond donors (Lipinski definition) is 1. The maximum Gasteiger partial charge on any atom is 0.270 e. The lowest BCUT2D eigenvalue weighted by molar-refractivity contribution is 0.102. The average molecular weight is 383 g/mol. The molecule has 0 aliphatic heterocycles. The summed E-state index contributed by atoms with van der Waals surface area (Å²) < 4.78 is 8.99. The minimum Gasteiger partial charge on any atom is -0.355 e. The van der Waals surface area contributed by atoms with Crippen LogP contribution in [0.4, 0.5) is 5.82 Å². The summed E-state index contributed by atoms with van der Waals surface area (Å²) in [7, 11) is 0. The first-order valence-corrected chi connectivity index (χ1v) is 9.29. The zero-order valence-corrected chi connectivity index (χ0v) is 15.5. The normalized spacial score (nSPS) is 10.8. The van der Waals surface area contributed by atoms with Crippen LogP contribution in [-0.2, 0) is 0 Å². The molecule has 7 nitrogen and oxygen atoms in total. The maximum absolute atomic E-state index is 12.2. The molecule has 130 valence electrons. The largest absolute Gasteiger partial charge is 0.355 e.